The molecule has 1 aliphatic heterocycles. The number of amides is 1. The minimum atomic E-state index is 0.0636. The van der Waals surface area contributed by atoms with Gasteiger partial charge in [-0.25, -0.2) is 0 Å². The lowest BCUT2D eigenvalue weighted by Gasteiger charge is -2.20. The van der Waals surface area contributed by atoms with Gasteiger partial charge in [-0.2, -0.15) is 0 Å². The molecule has 0 aliphatic carbocycles. The number of nitrogens with zero attached hydrogens (tertiary/aromatic N) is 2. The van der Waals surface area contributed by atoms with Crippen LogP contribution in [0.5, 0.6) is 0 Å². The summed E-state index contributed by atoms with van der Waals surface area (Å²) in [7, 11) is 0. The fraction of sp³-hybridized carbons (Fsp3) is 0.579. The first-order valence-electron chi connectivity index (χ1n) is 9.44. The molecule has 1 aromatic rings. The molecule has 7 heteroatoms. The van der Waals surface area contributed by atoms with E-state index < -0.39 is 0 Å². The second kappa shape index (κ2) is 11.1. The maximum absolute atomic E-state index is 11.7. The van der Waals surface area contributed by atoms with E-state index in [-0.39, 0.29) is 5.91 Å². The molecular formula is C19H30BrN5O. The lowest BCUT2D eigenvalue weighted by Crippen LogP contribution is -2.44. The lowest BCUT2D eigenvalue weighted by atomic mass is 10.2. The summed E-state index contributed by atoms with van der Waals surface area (Å²) >= 11 is 3.48. The third-order valence-corrected chi connectivity index (χ3v) is 4.77. The largest absolute Gasteiger partial charge is 0.369 e. The van der Waals surface area contributed by atoms with Crippen LogP contribution in [0.25, 0.3) is 0 Å². The molecule has 26 heavy (non-hydrogen) atoms. The van der Waals surface area contributed by atoms with Gasteiger partial charge in [0.2, 0.25) is 5.91 Å². The number of hydrogen-bond donors (Lipinski definition) is 3. The monoisotopic (exact) mass is 423 g/mol. The van der Waals surface area contributed by atoms with Gasteiger partial charge in [-0.15, -0.1) is 0 Å². The fourth-order valence-corrected chi connectivity index (χ4v) is 3.16. The molecule has 1 unspecified atom stereocenters. The number of carbonyl (C=O) groups is 1. The zero-order chi connectivity index (χ0) is 18.8. The van der Waals surface area contributed by atoms with Gasteiger partial charge in [0.15, 0.2) is 5.96 Å². The van der Waals surface area contributed by atoms with Crippen molar-refractivity contribution in [3.05, 3.63) is 28.7 Å². The predicted octanol–water partition coefficient (Wildman–Crippen LogP) is 2.50. The third-order valence-electron chi connectivity index (χ3n) is 4.25. The molecule has 0 bridgehead atoms. The number of guanidine groups is 1. The van der Waals surface area contributed by atoms with Gasteiger partial charge in [0, 0.05) is 48.8 Å². The molecule has 144 valence electrons. The molecule has 3 N–H and O–H groups in total. The molecule has 6 nitrogen and oxygen atoms in total. The first kappa shape index (κ1) is 20.6. The van der Waals surface area contributed by atoms with E-state index >= 15 is 0 Å². The van der Waals surface area contributed by atoms with E-state index in [2.05, 4.69) is 66.0 Å². The Labute approximate surface area is 165 Å². The summed E-state index contributed by atoms with van der Waals surface area (Å²) in [5.41, 5.74) is 1.24. The Balaban J connectivity index is 1.82. The van der Waals surface area contributed by atoms with Crippen LogP contribution in [0.2, 0.25) is 0 Å². The molecule has 1 saturated heterocycles. The summed E-state index contributed by atoms with van der Waals surface area (Å²) in [6.45, 7) is 8.10. The molecule has 1 aliphatic rings. The maximum Gasteiger partial charge on any atom is 0.221 e. The molecule has 1 amide bonds. The van der Waals surface area contributed by atoms with Gasteiger partial charge >= 0.3 is 0 Å². The van der Waals surface area contributed by atoms with E-state index in [1.54, 1.807) is 0 Å². The summed E-state index contributed by atoms with van der Waals surface area (Å²) in [5, 5.41) is 9.65. The average Bonchev–Trinajstić information content (AvgIpc) is 3.09. The molecule has 1 fully saturated rings. The second-order valence-electron chi connectivity index (χ2n) is 6.41. The van der Waals surface area contributed by atoms with Crippen LogP contribution in [0.15, 0.2) is 33.7 Å². The van der Waals surface area contributed by atoms with Gasteiger partial charge in [0.05, 0.1) is 6.54 Å². The Bertz CT molecular complexity index is 590. The van der Waals surface area contributed by atoms with Crippen LogP contribution < -0.4 is 20.9 Å². The lowest BCUT2D eigenvalue weighted by molar-refractivity contribution is -0.120. The normalized spacial score (nSPS) is 17.3. The highest BCUT2D eigenvalue weighted by atomic mass is 79.9. The van der Waals surface area contributed by atoms with Crippen LogP contribution in [0.1, 0.15) is 33.1 Å². The van der Waals surface area contributed by atoms with Crippen molar-refractivity contribution in [3.8, 4) is 0 Å². The van der Waals surface area contributed by atoms with Crippen molar-refractivity contribution in [1.29, 1.82) is 0 Å². The third kappa shape index (κ3) is 6.86. The van der Waals surface area contributed by atoms with Gasteiger partial charge in [0.1, 0.15) is 0 Å². The minimum absolute atomic E-state index is 0.0636. The Hall–Kier alpha value is -1.76. The van der Waals surface area contributed by atoms with E-state index in [0.29, 0.717) is 19.0 Å². The first-order valence-corrected chi connectivity index (χ1v) is 10.2. The molecule has 1 heterocycles. The van der Waals surface area contributed by atoms with Crippen LogP contribution in [0, 0.1) is 0 Å². The smallest absolute Gasteiger partial charge is 0.221 e. The Kier molecular flexibility index (Phi) is 8.74. The summed E-state index contributed by atoms with van der Waals surface area (Å²) in [6.07, 6.45) is 2.44. The molecule has 0 saturated carbocycles. The number of aliphatic imine (C=N–C) groups is 1. The van der Waals surface area contributed by atoms with Crippen molar-refractivity contribution >= 4 is 33.5 Å². The van der Waals surface area contributed by atoms with Gasteiger partial charge in [-0.1, -0.05) is 22.9 Å². The van der Waals surface area contributed by atoms with Crippen molar-refractivity contribution in [2.24, 2.45) is 4.99 Å². The van der Waals surface area contributed by atoms with E-state index in [1.165, 1.54) is 5.69 Å². The highest BCUT2D eigenvalue weighted by Crippen LogP contribution is 2.22. The summed E-state index contributed by atoms with van der Waals surface area (Å²) in [4.78, 5) is 18.6. The maximum atomic E-state index is 11.7. The van der Waals surface area contributed by atoms with Crippen molar-refractivity contribution in [2.45, 2.75) is 39.2 Å². The number of nitrogens with one attached hydrogen (secondary N) is 3. The van der Waals surface area contributed by atoms with Gasteiger partial charge in [0.25, 0.3) is 0 Å². The molecule has 0 aromatic heterocycles. The Morgan fingerprint density at radius 3 is 2.73 bits per heavy atom. The number of benzene rings is 1. The van der Waals surface area contributed by atoms with Crippen molar-refractivity contribution in [1.82, 2.24) is 16.0 Å². The fourth-order valence-electron chi connectivity index (χ4n) is 2.90. The number of anilines is 1. The summed E-state index contributed by atoms with van der Waals surface area (Å²) in [6, 6.07) is 8.78. The number of halogens is 1. The quantitative estimate of drug-likeness (QED) is 0.443. The molecular weight excluding hydrogens is 394 g/mol. The number of rotatable bonds is 8. The topological polar surface area (TPSA) is 68.8 Å². The highest BCUT2D eigenvalue weighted by Gasteiger charge is 2.23. The van der Waals surface area contributed by atoms with Crippen LogP contribution in [0.3, 0.4) is 0 Å². The van der Waals surface area contributed by atoms with Crippen LogP contribution in [0.4, 0.5) is 5.69 Å². The van der Waals surface area contributed by atoms with Crippen LogP contribution >= 0.6 is 15.9 Å². The van der Waals surface area contributed by atoms with E-state index in [0.717, 1.165) is 49.5 Å². The van der Waals surface area contributed by atoms with Gasteiger partial charge < -0.3 is 20.9 Å². The van der Waals surface area contributed by atoms with Crippen LogP contribution in [-0.4, -0.2) is 50.6 Å². The molecule has 0 spiro atoms. The minimum Gasteiger partial charge on any atom is -0.369 e. The second-order valence-corrected chi connectivity index (χ2v) is 7.33. The standard InChI is InChI=1S/C19H30BrN5O/c1-3-11-22-18(26)9-12-23-19(21-4-2)24-16-10-13-25(14-16)17-7-5-15(20)6-8-17/h5-8,16H,3-4,9-14H2,1-2H3,(H,22,26)(H2,21,23,24). The number of carbonyl (C=O) groups excluding carboxylic acids is 1. The number of hydrogen-bond acceptors (Lipinski definition) is 3. The van der Waals surface area contributed by atoms with Crippen molar-refractivity contribution in [2.75, 3.05) is 37.6 Å². The zero-order valence-electron chi connectivity index (χ0n) is 15.7. The van der Waals surface area contributed by atoms with E-state index in [9.17, 15) is 4.79 Å². The summed E-state index contributed by atoms with van der Waals surface area (Å²) < 4.78 is 1.10. The Morgan fingerprint density at radius 2 is 2.04 bits per heavy atom. The van der Waals surface area contributed by atoms with E-state index in [4.69, 9.17) is 0 Å². The van der Waals surface area contributed by atoms with E-state index in [1.807, 2.05) is 13.8 Å². The van der Waals surface area contributed by atoms with Gasteiger partial charge in [-0.05, 0) is 44.0 Å². The molecule has 1 aromatic carbocycles. The molecule has 2 rings (SSSR count). The Morgan fingerprint density at radius 1 is 1.27 bits per heavy atom. The SMILES string of the molecule is CCCNC(=O)CCN=C(NCC)NC1CCN(c2ccc(Br)cc2)C1. The van der Waals surface area contributed by atoms with Crippen LogP contribution in [-0.2, 0) is 4.79 Å². The predicted molar refractivity (Wildman–Crippen MR) is 112 cm³/mol. The molecule has 0 radical (unpaired) electrons. The molecule has 1 atom stereocenters. The highest BCUT2D eigenvalue weighted by molar-refractivity contribution is 9.10. The van der Waals surface area contributed by atoms with Gasteiger partial charge in [-0.3, -0.25) is 9.79 Å². The first-order chi connectivity index (χ1) is 12.6. The van der Waals surface area contributed by atoms with Crippen molar-refractivity contribution in [3.63, 3.8) is 0 Å². The van der Waals surface area contributed by atoms with Crippen molar-refractivity contribution < 1.29 is 4.79 Å². The summed E-state index contributed by atoms with van der Waals surface area (Å²) in [5.74, 6) is 0.854. The zero-order valence-corrected chi connectivity index (χ0v) is 17.3. The average molecular weight is 424 g/mol.